The summed E-state index contributed by atoms with van der Waals surface area (Å²) in [4.78, 5) is 0. The molecule has 1 aromatic carbocycles. The van der Waals surface area contributed by atoms with Crippen LogP contribution in [0.15, 0.2) is 36.5 Å². The van der Waals surface area contributed by atoms with Gasteiger partial charge in [-0.3, -0.25) is 0 Å². The zero-order valence-electron chi connectivity index (χ0n) is 10.8. The molecule has 1 atom stereocenters. The van der Waals surface area contributed by atoms with Crippen molar-refractivity contribution in [2.75, 3.05) is 19.7 Å². The molecule has 1 saturated heterocycles. The van der Waals surface area contributed by atoms with Crippen LogP contribution >= 0.6 is 0 Å². The van der Waals surface area contributed by atoms with Crippen molar-refractivity contribution in [3.8, 4) is 11.6 Å². The number of ether oxygens (including phenoxy) is 2. The Balaban J connectivity index is 1.83. The summed E-state index contributed by atoms with van der Waals surface area (Å²) in [6, 6.07) is 8.02. The maximum Gasteiger partial charge on any atom is 0.238 e. The molecule has 0 bridgehead atoms. The third kappa shape index (κ3) is 2.92. The minimum Gasteiger partial charge on any atom is -0.434 e. The minimum absolute atomic E-state index is 0.0893. The average molecular weight is 275 g/mol. The molecule has 2 heterocycles. The first-order chi connectivity index (χ1) is 9.83. The van der Waals surface area contributed by atoms with Crippen LogP contribution in [0.4, 0.5) is 4.39 Å². The van der Waals surface area contributed by atoms with Crippen molar-refractivity contribution in [2.24, 2.45) is 0 Å². The fourth-order valence-electron chi connectivity index (χ4n) is 2.03. The second-order valence-electron chi connectivity index (χ2n) is 4.42. The zero-order valence-corrected chi connectivity index (χ0v) is 10.8. The highest BCUT2D eigenvalue weighted by Crippen LogP contribution is 2.28. The van der Waals surface area contributed by atoms with Crippen molar-refractivity contribution in [2.45, 2.75) is 6.10 Å². The number of nitrogens with zero attached hydrogens (tertiary/aromatic N) is 2. The molecule has 3 rings (SSSR count). The number of aromatic nitrogens is 2. The van der Waals surface area contributed by atoms with Gasteiger partial charge in [-0.1, -0.05) is 6.07 Å². The Bertz CT molecular complexity index is 574. The van der Waals surface area contributed by atoms with Crippen molar-refractivity contribution in [3.05, 3.63) is 47.9 Å². The Morgan fingerprint density at radius 3 is 3.05 bits per heavy atom. The van der Waals surface area contributed by atoms with E-state index >= 15 is 0 Å². The number of halogens is 1. The van der Waals surface area contributed by atoms with Gasteiger partial charge >= 0.3 is 0 Å². The van der Waals surface area contributed by atoms with Gasteiger partial charge in [0.05, 0.1) is 12.7 Å². The van der Waals surface area contributed by atoms with Gasteiger partial charge < -0.3 is 14.8 Å². The van der Waals surface area contributed by atoms with Crippen molar-refractivity contribution >= 4 is 0 Å². The van der Waals surface area contributed by atoms with Gasteiger partial charge in [-0.05, 0) is 23.8 Å². The summed E-state index contributed by atoms with van der Waals surface area (Å²) in [5.74, 6) is -0.0633. The Hall–Kier alpha value is -2.05. The number of benzene rings is 1. The molecule has 1 unspecified atom stereocenters. The molecule has 1 aliphatic rings. The van der Waals surface area contributed by atoms with E-state index in [9.17, 15) is 4.39 Å². The maximum atomic E-state index is 13.8. The van der Waals surface area contributed by atoms with Crippen LogP contribution in [0.5, 0.6) is 11.6 Å². The van der Waals surface area contributed by atoms with Crippen molar-refractivity contribution in [1.29, 1.82) is 0 Å². The molecular weight excluding hydrogens is 261 g/mol. The lowest BCUT2D eigenvalue weighted by molar-refractivity contribution is 0.0275. The lowest BCUT2D eigenvalue weighted by Crippen LogP contribution is -2.33. The summed E-state index contributed by atoms with van der Waals surface area (Å²) < 4.78 is 24.8. The second kappa shape index (κ2) is 5.94. The molecule has 0 radical (unpaired) electrons. The molecular formula is C14H14FN3O2. The van der Waals surface area contributed by atoms with E-state index in [1.54, 1.807) is 24.3 Å². The van der Waals surface area contributed by atoms with Gasteiger partial charge in [0.1, 0.15) is 0 Å². The van der Waals surface area contributed by atoms with E-state index in [4.69, 9.17) is 9.47 Å². The number of hydrogen-bond acceptors (Lipinski definition) is 5. The summed E-state index contributed by atoms with van der Waals surface area (Å²) in [5.41, 5.74) is 0.873. The standard InChI is InChI=1S/C14H14FN3O2/c15-11-4-3-10(13-9-16-6-7-19-13)8-12(11)20-14-2-1-5-17-18-14/h1-5,8,13,16H,6-7,9H2. The van der Waals surface area contributed by atoms with Crippen LogP contribution in [-0.4, -0.2) is 29.9 Å². The van der Waals surface area contributed by atoms with Crippen LogP contribution in [0.1, 0.15) is 11.7 Å². The molecule has 1 fully saturated rings. The first-order valence-electron chi connectivity index (χ1n) is 6.40. The van der Waals surface area contributed by atoms with E-state index in [0.717, 1.165) is 12.1 Å². The van der Waals surface area contributed by atoms with Crippen LogP contribution < -0.4 is 10.1 Å². The van der Waals surface area contributed by atoms with E-state index in [-0.39, 0.29) is 17.7 Å². The Morgan fingerprint density at radius 2 is 2.30 bits per heavy atom. The smallest absolute Gasteiger partial charge is 0.238 e. The summed E-state index contributed by atoms with van der Waals surface area (Å²) in [6.45, 7) is 2.18. The van der Waals surface area contributed by atoms with Gasteiger partial charge in [0.15, 0.2) is 11.6 Å². The Morgan fingerprint density at radius 1 is 1.35 bits per heavy atom. The number of hydrogen-bond donors (Lipinski definition) is 1. The molecule has 0 saturated carbocycles. The molecule has 5 nitrogen and oxygen atoms in total. The van der Waals surface area contributed by atoms with Gasteiger partial charge in [0.2, 0.25) is 5.88 Å². The van der Waals surface area contributed by atoms with Gasteiger partial charge in [-0.15, -0.1) is 5.10 Å². The SMILES string of the molecule is Fc1ccc(C2CNCCO2)cc1Oc1cccnn1. The van der Waals surface area contributed by atoms with E-state index in [1.165, 1.54) is 12.3 Å². The molecule has 1 aromatic heterocycles. The quantitative estimate of drug-likeness (QED) is 0.929. The van der Waals surface area contributed by atoms with Crippen LogP contribution in [0.2, 0.25) is 0 Å². The van der Waals surface area contributed by atoms with Gasteiger partial charge in [-0.25, -0.2) is 4.39 Å². The molecule has 1 N–H and O–H groups in total. The minimum atomic E-state index is -0.442. The lowest BCUT2D eigenvalue weighted by atomic mass is 10.1. The maximum absolute atomic E-state index is 13.8. The number of rotatable bonds is 3. The van der Waals surface area contributed by atoms with E-state index in [1.807, 2.05) is 0 Å². The van der Waals surface area contributed by atoms with Crippen molar-refractivity contribution < 1.29 is 13.9 Å². The molecule has 0 aliphatic carbocycles. The van der Waals surface area contributed by atoms with E-state index < -0.39 is 5.82 Å². The first kappa shape index (κ1) is 13.0. The highest BCUT2D eigenvalue weighted by Gasteiger charge is 2.18. The van der Waals surface area contributed by atoms with Crippen molar-refractivity contribution in [3.63, 3.8) is 0 Å². The molecule has 1 aliphatic heterocycles. The summed E-state index contributed by atoms with van der Waals surface area (Å²) in [5, 5.41) is 10.7. The highest BCUT2D eigenvalue weighted by molar-refractivity contribution is 5.34. The topological polar surface area (TPSA) is 56.3 Å². The van der Waals surface area contributed by atoms with Crippen LogP contribution in [0, 0.1) is 5.82 Å². The van der Waals surface area contributed by atoms with Crippen molar-refractivity contribution in [1.82, 2.24) is 15.5 Å². The normalized spacial score (nSPS) is 18.8. The predicted octanol–water partition coefficient (Wildman–Crippen LogP) is 2.07. The summed E-state index contributed by atoms with van der Waals surface area (Å²) in [7, 11) is 0. The van der Waals surface area contributed by atoms with Crippen LogP contribution in [-0.2, 0) is 4.74 Å². The molecule has 20 heavy (non-hydrogen) atoms. The molecule has 0 spiro atoms. The summed E-state index contributed by atoms with van der Waals surface area (Å²) >= 11 is 0. The Labute approximate surface area is 115 Å². The molecule has 6 heteroatoms. The zero-order chi connectivity index (χ0) is 13.8. The average Bonchev–Trinajstić information content (AvgIpc) is 2.51. The predicted molar refractivity (Wildman–Crippen MR) is 70.1 cm³/mol. The fraction of sp³-hybridized carbons (Fsp3) is 0.286. The third-order valence-electron chi connectivity index (χ3n) is 3.02. The van der Waals surface area contributed by atoms with Crippen LogP contribution in [0.25, 0.3) is 0 Å². The molecule has 0 amide bonds. The largest absolute Gasteiger partial charge is 0.434 e. The molecule has 2 aromatic rings. The highest BCUT2D eigenvalue weighted by atomic mass is 19.1. The van der Waals surface area contributed by atoms with Gasteiger partial charge in [0, 0.05) is 25.4 Å². The number of morpholine rings is 1. The van der Waals surface area contributed by atoms with Crippen LogP contribution in [0.3, 0.4) is 0 Å². The monoisotopic (exact) mass is 275 g/mol. The Kier molecular flexibility index (Phi) is 3.85. The lowest BCUT2D eigenvalue weighted by Gasteiger charge is -2.24. The fourth-order valence-corrected chi connectivity index (χ4v) is 2.03. The second-order valence-corrected chi connectivity index (χ2v) is 4.42. The van der Waals surface area contributed by atoms with Gasteiger partial charge in [0.25, 0.3) is 0 Å². The van der Waals surface area contributed by atoms with Gasteiger partial charge in [-0.2, -0.15) is 5.10 Å². The molecule has 104 valence electrons. The van der Waals surface area contributed by atoms with E-state index in [0.29, 0.717) is 13.2 Å². The summed E-state index contributed by atoms with van der Waals surface area (Å²) in [6.07, 6.45) is 1.44. The van der Waals surface area contributed by atoms with E-state index in [2.05, 4.69) is 15.5 Å². The number of nitrogens with one attached hydrogen (secondary N) is 1. The first-order valence-corrected chi connectivity index (χ1v) is 6.40. The third-order valence-corrected chi connectivity index (χ3v) is 3.02.